The third kappa shape index (κ3) is 7.23. The fourth-order valence-corrected chi connectivity index (χ4v) is 3.77. The summed E-state index contributed by atoms with van der Waals surface area (Å²) < 4.78 is 37.8. The highest BCUT2D eigenvalue weighted by Crippen LogP contribution is 2.29. The molecule has 1 aromatic carbocycles. The molecule has 0 bridgehead atoms. The number of para-hydroxylation sites is 1. The van der Waals surface area contributed by atoms with Crippen molar-refractivity contribution < 1.29 is 18.0 Å². The maximum absolute atomic E-state index is 12.6. The van der Waals surface area contributed by atoms with Gasteiger partial charge in [-0.1, -0.05) is 18.2 Å². The standard InChI is InChI=1S/C19H23F3N6OS.HI/c1-23-18(24-11-16-26-15(13-30-16)19(20,21)22)25-12-17(29)28-9-7-27(8-10-28)14-5-3-2-4-6-14;/h2-6,13H,7-12H2,1H3,(H2,23,24,25);1H. The van der Waals surface area contributed by atoms with Gasteiger partial charge in [-0.05, 0) is 12.1 Å². The second-order valence-electron chi connectivity index (χ2n) is 6.61. The summed E-state index contributed by atoms with van der Waals surface area (Å²) in [5, 5.41) is 7.05. The number of nitrogens with zero attached hydrogens (tertiary/aromatic N) is 4. The minimum Gasteiger partial charge on any atom is -0.368 e. The van der Waals surface area contributed by atoms with Crippen LogP contribution in [-0.2, 0) is 17.5 Å². The quantitative estimate of drug-likeness (QED) is 0.330. The van der Waals surface area contributed by atoms with E-state index in [1.807, 2.05) is 18.2 Å². The summed E-state index contributed by atoms with van der Waals surface area (Å²) in [5.41, 5.74) is 0.236. The largest absolute Gasteiger partial charge is 0.434 e. The average molecular weight is 568 g/mol. The van der Waals surface area contributed by atoms with Gasteiger partial charge in [0.15, 0.2) is 11.7 Å². The van der Waals surface area contributed by atoms with Crippen LogP contribution in [0.2, 0.25) is 0 Å². The molecule has 0 radical (unpaired) electrons. The smallest absolute Gasteiger partial charge is 0.368 e. The molecular weight excluding hydrogens is 544 g/mol. The van der Waals surface area contributed by atoms with Crippen molar-refractivity contribution in [2.24, 2.45) is 4.99 Å². The number of aliphatic imine (C=N–C) groups is 1. The molecule has 2 aromatic rings. The Morgan fingerprint density at radius 1 is 1.16 bits per heavy atom. The van der Waals surface area contributed by atoms with Crippen LogP contribution in [-0.4, -0.2) is 61.5 Å². The van der Waals surface area contributed by atoms with Crippen LogP contribution in [0.3, 0.4) is 0 Å². The normalized spacial score (nSPS) is 14.8. The van der Waals surface area contributed by atoms with Crippen LogP contribution in [0.5, 0.6) is 0 Å². The molecule has 0 aliphatic carbocycles. The minimum atomic E-state index is -4.45. The first kappa shape index (κ1) is 25.2. The Labute approximate surface area is 199 Å². The van der Waals surface area contributed by atoms with Gasteiger partial charge in [0.2, 0.25) is 5.91 Å². The van der Waals surface area contributed by atoms with Gasteiger partial charge in [0.05, 0.1) is 13.1 Å². The highest BCUT2D eigenvalue weighted by atomic mass is 127. The maximum atomic E-state index is 12.6. The van der Waals surface area contributed by atoms with E-state index in [0.29, 0.717) is 19.0 Å². The molecule has 3 rings (SSSR count). The highest BCUT2D eigenvalue weighted by Gasteiger charge is 2.33. The lowest BCUT2D eigenvalue weighted by atomic mass is 10.2. The van der Waals surface area contributed by atoms with Gasteiger partial charge < -0.3 is 20.4 Å². The van der Waals surface area contributed by atoms with Gasteiger partial charge in [-0.3, -0.25) is 9.79 Å². The fraction of sp³-hybridized carbons (Fsp3) is 0.421. The van der Waals surface area contributed by atoms with Gasteiger partial charge in [0, 0.05) is 44.3 Å². The first-order valence-electron chi connectivity index (χ1n) is 9.40. The molecule has 0 spiro atoms. The number of anilines is 1. The molecule has 0 saturated carbocycles. The van der Waals surface area contributed by atoms with E-state index in [1.165, 1.54) is 7.05 Å². The molecular formula is C19H24F3IN6OS. The molecule has 2 heterocycles. The number of hydrogen-bond acceptors (Lipinski definition) is 5. The molecule has 7 nitrogen and oxygen atoms in total. The zero-order chi connectivity index (χ0) is 21.6. The summed E-state index contributed by atoms with van der Waals surface area (Å²) >= 11 is 0.918. The van der Waals surface area contributed by atoms with Gasteiger partial charge in [-0.2, -0.15) is 13.2 Å². The van der Waals surface area contributed by atoms with Crippen LogP contribution in [0.4, 0.5) is 18.9 Å². The number of carbonyl (C=O) groups is 1. The first-order chi connectivity index (χ1) is 14.4. The van der Waals surface area contributed by atoms with Crippen LogP contribution in [0, 0.1) is 0 Å². The number of nitrogens with one attached hydrogen (secondary N) is 2. The summed E-state index contributed by atoms with van der Waals surface area (Å²) in [5.74, 6) is 0.272. The molecule has 0 unspecified atom stereocenters. The van der Waals surface area contributed by atoms with E-state index < -0.39 is 11.9 Å². The van der Waals surface area contributed by atoms with Crippen LogP contribution < -0.4 is 15.5 Å². The van der Waals surface area contributed by atoms with Crippen LogP contribution in [0.15, 0.2) is 40.7 Å². The second kappa shape index (κ2) is 11.5. The number of rotatable bonds is 5. The molecule has 1 amide bonds. The summed E-state index contributed by atoms with van der Waals surface area (Å²) in [4.78, 5) is 24.1. The van der Waals surface area contributed by atoms with E-state index in [9.17, 15) is 18.0 Å². The number of aromatic nitrogens is 1. The lowest BCUT2D eigenvalue weighted by Gasteiger charge is -2.36. The first-order valence-corrected chi connectivity index (χ1v) is 10.3. The number of guanidine groups is 1. The summed E-state index contributed by atoms with van der Waals surface area (Å²) in [6.45, 7) is 2.91. The van der Waals surface area contributed by atoms with Crippen LogP contribution in [0.25, 0.3) is 0 Å². The van der Waals surface area contributed by atoms with Crippen molar-refractivity contribution in [3.8, 4) is 0 Å². The average Bonchev–Trinajstić information content (AvgIpc) is 3.24. The van der Waals surface area contributed by atoms with Crippen LogP contribution in [0.1, 0.15) is 10.7 Å². The lowest BCUT2D eigenvalue weighted by Crippen LogP contribution is -2.52. The van der Waals surface area contributed by atoms with Gasteiger partial charge in [-0.25, -0.2) is 4.98 Å². The number of amides is 1. The van der Waals surface area contributed by atoms with E-state index in [4.69, 9.17) is 0 Å². The number of benzene rings is 1. The molecule has 31 heavy (non-hydrogen) atoms. The predicted molar refractivity (Wildman–Crippen MR) is 126 cm³/mol. The number of hydrogen-bond donors (Lipinski definition) is 2. The highest BCUT2D eigenvalue weighted by molar-refractivity contribution is 14.0. The Kier molecular flexibility index (Phi) is 9.34. The molecule has 1 aliphatic heterocycles. The monoisotopic (exact) mass is 568 g/mol. The van der Waals surface area contributed by atoms with Gasteiger partial charge in [-0.15, -0.1) is 35.3 Å². The Morgan fingerprint density at radius 2 is 1.84 bits per heavy atom. The van der Waals surface area contributed by atoms with Gasteiger partial charge in [0.1, 0.15) is 5.01 Å². The van der Waals surface area contributed by atoms with Crippen molar-refractivity contribution in [2.45, 2.75) is 12.7 Å². The number of alkyl halides is 3. The van der Waals surface area contributed by atoms with Gasteiger partial charge >= 0.3 is 6.18 Å². The van der Waals surface area contributed by atoms with Crippen molar-refractivity contribution in [2.75, 3.05) is 44.7 Å². The van der Waals surface area contributed by atoms with E-state index in [0.717, 1.165) is 35.5 Å². The Balaban J connectivity index is 0.00000341. The summed E-state index contributed by atoms with van der Waals surface area (Å²) in [6.07, 6.45) is -4.45. The third-order valence-corrected chi connectivity index (χ3v) is 5.48. The van der Waals surface area contributed by atoms with E-state index in [-0.39, 0.29) is 48.0 Å². The lowest BCUT2D eigenvalue weighted by molar-refractivity contribution is -0.140. The van der Waals surface area contributed by atoms with E-state index in [2.05, 4.69) is 37.6 Å². The molecule has 2 N–H and O–H groups in total. The minimum absolute atomic E-state index is 0. The zero-order valence-electron chi connectivity index (χ0n) is 16.9. The molecule has 12 heteroatoms. The SMILES string of the molecule is CN=C(NCC(=O)N1CCN(c2ccccc2)CC1)NCc1nc(C(F)(F)F)cs1.I. The van der Waals surface area contributed by atoms with Crippen molar-refractivity contribution in [1.82, 2.24) is 20.5 Å². The number of carbonyl (C=O) groups excluding carboxylic acids is 1. The summed E-state index contributed by atoms with van der Waals surface area (Å²) in [7, 11) is 1.53. The molecule has 1 saturated heterocycles. The van der Waals surface area contributed by atoms with Crippen molar-refractivity contribution >= 4 is 52.9 Å². The molecule has 1 aliphatic rings. The topological polar surface area (TPSA) is 72.9 Å². The Hall–Kier alpha value is -2.09. The zero-order valence-corrected chi connectivity index (χ0v) is 20.0. The number of piperazine rings is 1. The predicted octanol–water partition coefficient (Wildman–Crippen LogP) is 2.79. The Morgan fingerprint density at radius 3 is 2.42 bits per heavy atom. The van der Waals surface area contributed by atoms with E-state index >= 15 is 0 Å². The molecule has 1 fully saturated rings. The van der Waals surface area contributed by atoms with Gasteiger partial charge in [0.25, 0.3) is 0 Å². The second-order valence-corrected chi connectivity index (χ2v) is 7.55. The maximum Gasteiger partial charge on any atom is 0.434 e. The molecule has 1 aromatic heterocycles. The van der Waals surface area contributed by atoms with E-state index in [1.54, 1.807) is 4.90 Å². The van der Waals surface area contributed by atoms with Crippen LogP contribution >= 0.6 is 35.3 Å². The number of thiazole rings is 1. The fourth-order valence-electron chi connectivity index (χ4n) is 3.03. The third-order valence-electron chi connectivity index (χ3n) is 4.63. The van der Waals surface area contributed by atoms with Crippen molar-refractivity contribution in [3.05, 3.63) is 46.4 Å². The summed E-state index contributed by atoms with van der Waals surface area (Å²) in [6, 6.07) is 10.1. The van der Waals surface area contributed by atoms with Crippen molar-refractivity contribution in [1.29, 1.82) is 0 Å². The molecule has 170 valence electrons. The Bertz CT molecular complexity index is 869. The van der Waals surface area contributed by atoms with Crippen molar-refractivity contribution in [3.63, 3.8) is 0 Å². The molecule has 0 atom stereocenters. The number of halogens is 4.